The second-order valence-corrected chi connectivity index (χ2v) is 14.3. The van der Waals surface area contributed by atoms with Gasteiger partial charge in [-0.3, -0.25) is 19.2 Å². The highest BCUT2D eigenvalue weighted by molar-refractivity contribution is 6.00. The third-order valence-corrected chi connectivity index (χ3v) is 9.70. The number of nitrogen functional groups attached to an aromatic ring is 1. The van der Waals surface area contributed by atoms with E-state index in [1.807, 2.05) is 38.1 Å². The molecule has 12 heteroatoms. The second-order valence-electron chi connectivity index (χ2n) is 14.3. The maximum atomic E-state index is 14.4. The van der Waals surface area contributed by atoms with Gasteiger partial charge in [-0.1, -0.05) is 43.7 Å². The predicted molar refractivity (Wildman–Crippen MR) is 211 cm³/mol. The molecule has 12 nitrogen and oxygen atoms in total. The molecule has 0 aromatic heterocycles. The van der Waals surface area contributed by atoms with Gasteiger partial charge in [0.05, 0.1) is 41.8 Å². The lowest BCUT2D eigenvalue weighted by molar-refractivity contribution is -0.116. The van der Waals surface area contributed by atoms with Gasteiger partial charge in [-0.25, -0.2) is 0 Å². The molecule has 3 aromatic rings. The third-order valence-electron chi connectivity index (χ3n) is 9.70. The van der Waals surface area contributed by atoms with Gasteiger partial charge in [0.1, 0.15) is 5.75 Å². The Bertz CT molecular complexity index is 1690. The maximum absolute atomic E-state index is 14.4. The highest BCUT2D eigenvalue weighted by atomic mass is 16.5. The molecular formula is C42H57N5O7. The SMILES string of the molecule is C[C@@H]1CCCCO[C@H](CN(C)C(=O)c2ccccc2)[C@H](C)CN([C@@H](C)CO)C(=O)c2cc(NC(=O)CCCCCC(=O)Nc3ccccc3N)ccc2O1. The van der Waals surface area contributed by atoms with Crippen LogP contribution in [0.15, 0.2) is 72.8 Å². The van der Waals surface area contributed by atoms with Gasteiger partial charge < -0.3 is 40.7 Å². The Labute approximate surface area is 319 Å². The largest absolute Gasteiger partial charge is 0.490 e. The molecule has 0 spiro atoms. The molecule has 292 valence electrons. The highest BCUT2D eigenvalue weighted by Gasteiger charge is 2.31. The number of carbonyl (C=O) groups excluding carboxylic acids is 4. The zero-order valence-corrected chi connectivity index (χ0v) is 32.1. The van der Waals surface area contributed by atoms with E-state index in [1.165, 1.54) is 0 Å². The van der Waals surface area contributed by atoms with Crippen LogP contribution < -0.4 is 21.1 Å². The number of anilines is 3. The van der Waals surface area contributed by atoms with Crippen molar-refractivity contribution in [1.82, 2.24) is 9.80 Å². The number of hydrogen-bond donors (Lipinski definition) is 4. The second kappa shape index (κ2) is 21.1. The molecule has 0 saturated heterocycles. The minimum absolute atomic E-state index is 0.117. The van der Waals surface area contributed by atoms with Crippen molar-refractivity contribution in [2.24, 2.45) is 5.92 Å². The molecule has 0 bridgehead atoms. The summed E-state index contributed by atoms with van der Waals surface area (Å²) in [6.07, 6.45) is 4.28. The Morgan fingerprint density at radius 1 is 0.944 bits per heavy atom. The Morgan fingerprint density at radius 2 is 1.63 bits per heavy atom. The van der Waals surface area contributed by atoms with Crippen LogP contribution in [0.1, 0.15) is 92.9 Å². The Balaban J connectivity index is 1.44. The summed E-state index contributed by atoms with van der Waals surface area (Å²) in [6, 6.07) is 20.7. The van der Waals surface area contributed by atoms with Gasteiger partial charge in [0, 0.05) is 56.8 Å². The van der Waals surface area contributed by atoms with Crippen molar-refractivity contribution >= 4 is 40.7 Å². The first kappa shape index (κ1) is 41.8. The quantitative estimate of drug-likeness (QED) is 0.116. The number of nitrogens with two attached hydrogens (primary N) is 1. The first-order chi connectivity index (χ1) is 26.0. The topological polar surface area (TPSA) is 164 Å². The van der Waals surface area contributed by atoms with E-state index in [9.17, 15) is 24.3 Å². The summed E-state index contributed by atoms with van der Waals surface area (Å²) in [6.45, 7) is 6.54. The average Bonchev–Trinajstić information content (AvgIpc) is 3.16. The van der Waals surface area contributed by atoms with E-state index in [1.54, 1.807) is 72.3 Å². The molecule has 4 amide bonds. The van der Waals surface area contributed by atoms with Crippen molar-refractivity contribution in [1.29, 1.82) is 0 Å². The summed E-state index contributed by atoms with van der Waals surface area (Å²) in [4.78, 5) is 56.2. The zero-order valence-electron chi connectivity index (χ0n) is 32.1. The molecule has 0 saturated carbocycles. The lowest BCUT2D eigenvalue weighted by atomic mass is 10.0. The molecule has 0 radical (unpaired) electrons. The molecule has 4 rings (SSSR count). The number of fused-ring (bicyclic) bond motifs is 1. The number of carbonyl (C=O) groups is 4. The smallest absolute Gasteiger partial charge is 0.258 e. The van der Waals surface area contributed by atoms with E-state index >= 15 is 0 Å². The van der Waals surface area contributed by atoms with E-state index in [4.69, 9.17) is 15.2 Å². The minimum atomic E-state index is -0.534. The summed E-state index contributed by atoms with van der Waals surface area (Å²) in [5.74, 6) is -0.596. The predicted octanol–water partition coefficient (Wildman–Crippen LogP) is 6.36. The van der Waals surface area contributed by atoms with E-state index in [-0.39, 0.29) is 66.9 Å². The van der Waals surface area contributed by atoms with Crippen LogP contribution in [0.2, 0.25) is 0 Å². The third kappa shape index (κ3) is 12.6. The number of nitrogens with zero attached hydrogens (tertiary/aromatic N) is 2. The fourth-order valence-corrected chi connectivity index (χ4v) is 6.41. The number of aliphatic hydroxyl groups is 1. The monoisotopic (exact) mass is 743 g/mol. The summed E-state index contributed by atoms with van der Waals surface area (Å²) in [7, 11) is 1.75. The lowest BCUT2D eigenvalue weighted by Gasteiger charge is -2.36. The van der Waals surface area contributed by atoms with E-state index in [0.29, 0.717) is 67.2 Å². The van der Waals surface area contributed by atoms with E-state index in [0.717, 1.165) is 19.3 Å². The molecule has 0 fully saturated rings. The number of benzene rings is 3. The van der Waals surface area contributed by atoms with Crippen molar-refractivity contribution < 1.29 is 33.8 Å². The van der Waals surface area contributed by atoms with Crippen LogP contribution >= 0.6 is 0 Å². The molecule has 4 atom stereocenters. The number of aliphatic hydroxyl groups excluding tert-OH is 1. The van der Waals surface area contributed by atoms with Crippen LogP contribution in [-0.4, -0.2) is 90.1 Å². The van der Waals surface area contributed by atoms with Crippen LogP contribution in [0.3, 0.4) is 0 Å². The van der Waals surface area contributed by atoms with Crippen molar-refractivity contribution in [3.05, 3.63) is 83.9 Å². The Hall–Kier alpha value is -4.94. The van der Waals surface area contributed by atoms with Crippen LogP contribution in [-0.2, 0) is 14.3 Å². The number of hydrogen-bond acceptors (Lipinski definition) is 8. The van der Waals surface area contributed by atoms with Crippen molar-refractivity contribution in [3.63, 3.8) is 0 Å². The lowest BCUT2D eigenvalue weighted by Crippen LogP contribution is -2.48. The number of likely N-dealkylation sites (N-methyl/N-ethyl adjacent to an activating group) is 1. The maximum Gasteiger partial charge on any atom is 0.258 e. The molecule has 3 aromatic carbocycles. The first-order valence-corrected chi connectivity index (χ1v) is 19.1. The van der Waals surface area contributed by atoms with Crippen LogP contribution in [0.5, 0.6) is 5.75 Å². The number of para-hydroxylation sites is 2. The van der Waals surface area contributed by atoms with Crippen molar-refractivity contribution in [2.45, 2.75) is 90.4 Å². The number of ether oxygens (including phenoxy) is 2. The molecule has 54 heavy (non-hydrogen) atoms. The summed E-state index contributed by atoms with van der Waals surface area (Å²) in [5, 5.41) is 16.0. The van der Waals surface area contributed by atoms with Crippen LogP contribution in [0, 0.1) is 5.92 Å². The van der Waals surface area contributed by atoms with Crippen LogP contribution in [0.4, 0.5) is 17.1 Å². The molecule has 1 aliphatic heterocycles. The molecule has 5 N–H and O–H groups in total. The van der Waals surface area contributed by atoms with E-state index in [2.05, 4.69) is 10.6 Å². The highest BCUT2D eigenvalue weighted by Crippen LogP contribution is 2.29. The molecule has 0 aliphatic carbocycles. The summed E-state index contributed by atoms with van der Waals surface area (Å²) >= 11 is 0. The van der Waals surface area contributed by atoms with Gasteiger partial charge in [0.2, 0.25) is 11.8 Å². The Morgan fingerprint density at radius 3 is 2.33 bits per heavy atom. The summed E-state index contributed by atoms with van der Waals surface area (Å²) < 4.78 is 12.7. The van der Waals surface area contributed by atoms with E-state index < -0.39 is 6.04 Å². The Kier molecular flexibility index (Phi) is 16.3. The normalized spacial score (nSPS) is 18.7. The number of rotatable bonds is 13. The van der Waals surface area contributed by atoms with Gasteiger partial charge >= 0.3 is 0 Å². The van der Waals surface area contributed by atoms with Crippen molar-refractivity contribution in [3.8, 4) is 5.75 Å². The number of amides is 4. The average molecular weight is 744 g/mol. The first-order valence-electron chi connectivity index (χ1n) is 19.1. The number of nitrogens with one attached hydrogen (secondary N) is 2. The molecule has 0 unspecified atom stereocenters. The van der Waals surface area contributed by atoms with Crippen molar-refractivity contribution in [2.75, 3.05) is 49.7 Å². The standard InChI is InChI=1S/C42H57N5O7/c1-29-26-47(30(2)28-48)42(52)34-25-33(44-39(49)20-9-6-10-21-40(50)45-36-19-12-11-18-35(36)43)22-23-37(34)54-31(3)15-13-14-24-53-38(29)27-46(4)41(51)32-16-7-5-8-17-32/h5,7-8,11-12,16-19,22-23,25,29-31,38,48H,6,9-10,13-15,20-21,24,26-28,43H2,1-4H3,(H,44,49)(H,45,50)/t29-,30+,31-,38-/m1/s1. The fraction of sp³-hybridized carbons (Fsp3) is 0.476. The minimum Gasteiger partial charge on any atom is -0.490 e. The molecule has 1 heterocycles. The molecular weight excluding hydrogens is 686 g/mol. The fourth-order valence-electron chi connectivity index (χ4n) is 6.41. The van der Waals surface area contributed by atoms with Gasteiger partial charge in [0.25, 0.3) is 11.8 Å². The van der Waals surface area contributed by atoms with Gasteiger partial charge in [-0.15, -0.1) is 0 Å². The summed E-state index contributed by atoms with van der Waals surface area (Å²) in [5.41, 5.74) is 8.32. The van der Waals surface area contributed by atoms with Crippen LogP contribution in [0.25, 0.3) is 0 Å². The van der Waals surface area contributed by atoms with Gasteiger partial charge in [-0.2, -0.15) is 0 Å². The van der Waals surface area contributed by atoms with Gasteiger partial charge in [0.15, 0.2) is 0 Å². The zero-order chi connectivity index (χ0) is 39.0. The number of unbranched alkanes of at least 4 members (excludes halogenated alkanes) is 2. The molecule has 1 aliphatic rings. The van der Waals surface area contributed by atoms with Gasteiger partial charge in [-0.05, 0) is 88.4 Å².